The number of hydrogen-bond donors (Lipinski definition) is 0. The average molecular weight is 441 g/mol. The van der Waals surface area contributed by atoms with E-state index in [1.807, 2.05) is 95.6 Å². The predicted molar refractivity (Wildman–Crippen MR) is 126 cm³/mol. The van der Waals surface area contributed by atoms with E-state index in [-0.39, 0.29) is 0 Å². The first-order valence-corrected chi connectivity index (χ1v) is 11.8. The highest BCUT2D eigenvalue weighted by atomic mass is 32.2. The number of benzene rings is 2. The Morgan fingerprint density at radius 3 is 1.25 bits per heavy atom. The third-order valence-electron chi connectivity index (χ3n) is 4.31. The van der Waals surface area contributed by atoms with Crippen molar-refractivity contribution in [1.29, 1.82) is 0 Å². The molecule has 2 aromatic carbocycles. The Labute approximate surface area is 181 Å². The summed E-state index contributed by atoms with van der Waals surface area (Å²) in [6, 6.07) is 15.5. The van der Waals surface area contributed by atoms with Crippen LogP contribution in [0.4, 0.5) is 0 Å². The van der Waals surface area contributed by atoms with Crippen molar-refractivity contribution in [3.05, 3.63) is 89.1 Å². The van der Waals surface area contributed by atoms with Gasteiger partial charge in [-0.3, -0.25) is 9.59 Å². The Kier molecular flexibility index (Phi) is 5.92. The van der Waals surface area contributed by atoms with Crippen LogP contribution in [0.25, 0.3) is 9.81 Å². The first kappa shape index (κ1) is 19.7. The van der Waals surface area contributed by atoms with Gasteiger partial charge < -0.3 is 0 Å². The van der Waals surface area contributed by atoms with Crippen LogP contribution in [0.15, 0.2) is 66.8 Å². The Bertz CT molecular complexity index is 959. The number of aldehydes is 2. The minimum absolute atomic E-state index is 0.697. The fraction of sp³-hybridized carbons (Fsp3) is 0.0909. The Balaban J connectivity index is 1.55. The van der Waals surface area contributed by atoms with Crippen LogP contribution in [-0.2, 0) is 0 Å². The molecule has 0 atom stereocenters. The lowest BCUT2D eigenvalue weighted by Crippen LogP contribution is -1.83. The van der Waals surface area contributed by atoms with Crippen molar-refractivity contribution < 1.29 is 9.59 Å². The molecule has 2 aliphatic heterocycles. The molecule has 0 spiro atoms. The molecule has 0 unspecified atom stereocenters. The fourth-order valence-electron chi connectivity index (χ4n) is 2.86. The molecule has 2 aromatic rings. The van der Waals surface area contributed by atoms with Crippen molar-refractivity contribution in [2.24, 2.45) is 0 Å². The predicted octanol–water partition coefficient (Wildman–Crippen LogP) is 7.48. The molecule has 0 saturated heterocycles. The second-order valence-corrected chi connectivity index (χ2v) is 11.2. The van der Waals surface area contributed by atoms with Gasteiger partial charge in [0, 0.05) is 30.7 Å². The highest BCUT2D eigenvalue weighted by Crippen LogP contribution is 2.63. The Morgan fingerprint density at radius 1 is 0.571 bits per heavy atom. The topological polar surface area (TPSA) is 34.1 Å². The SMILES string of the molecule is CC1=C(c2ccc(C=O)cc2)S/C(=C2\SC(C)=C(c3ccc(C=O)cc3)S2)S1. The van der Waals surface area contributed by atoms with Gasteiger partial charge >= 0.3 is 0 Å². The molecule has 0 aromatic heterocycles. The maximum atomic E-state index is 10.9. The number of hydrogen-bond acceptors (Lipinski definition) is 6. The molecule has 0 radical (unpaired) electrons. The minimum atomic E-state index is 0.697. The summed E-state index contributed by atoms with van der Waals surface area (Å²) in [5.41, 5.74) is 3.70. The van der Waals surface area contributed by atoms with Gasteiger partial charge in [-0.15, -0.1) is 0 Å². The quantitative estimate of drug-likeness (QED) is 0.459. The number of carbonyl (C=O) groups is 2. The van der Waals surface area contributed by atoms with E-state index in [0.717, 1.165) is 23.7 Å². The number of thioether (sulfide) groups is 4. The second kappa shape index (κ2) is 8.41. The number of carbonyl (C=O) groups excluding carboxylic acids is 2. The van der Waals surface area contributed by atoms with Gasteiger partial charge in [0.05, 0.1) is 8.47 Å². The molecule has 0 saturated carbocycles. The van der Waals surface area contributed by atoms with E-state index in [9.17, 15) is 9.59 Å². The minimum Gasteiger partial charge on any atom is -0.298 e. The molecule has 2 heterocycles. The van der Waals surface area contributed by atoms with E-state index in [1.165, 1.54) is 28.1 Å². The molecule has 0 amide bonds. The van der Waals surface area contributed by atoms with Crippen molar-refractivity contribution in [2.45, 2.75) is 13.8 Å². The number of allylic oxidation sites excluding steroid dienone is 2. The summed E-state index contributed by atoms with van der Waals surface area (Å²) in [4.78, 5) is 26.9. The van der Waals surface area contributed by atoms with Crippen molar-refractivity contribution in [3.63, 3.8) is 0 Å². The molecule has 6 heteroatoms. The first-order valence-electron chi connectivity index (χ1n) is 8.57. The summed E-state index contributed by atoms with van der Waals surface area (Å²) in [7, 11) is 0. The maximum absolute atomic E-state index is 10.9. The third kappa shape index (κ3) is 3.92. The van der Waals surface area contributed by atoms with Gasteiger partial charge in [0.1, 0.15) is 12.6 Å². The maximum Gasteiger partial charge on any atom is 0.150 e. The third-order valence-corrected chi connectivity index (χ3v) is 10.2. The van der Waals surface area contributed by atoms with E-state index in [4.69, 9.17) is 0 Å². The zero-order valence-electron chi connectivity index (χ0n) is 15.2. The normalized spacial score (nSPS) is 19.5. The van der Waals surface area contributed by atoms with E-state index in [0.29, 0.717) is 11.1 Å². The highest BCUT2D eigenvalue weighted by molar-refractivity contribution is 8.37. The fourth-order valence-corrected chi connectivity index (χ4v) is 8.42. The summed E-state index contributed by atoms with van der Waals surface area (Å²) >= 11 is 7.25. The van der Waals surface area contributed by atoms with E-state index >= 15 is 0 Å². The van der Waals surface area contributed by atoms with Crippen LogP contribution in [0.5, 0.6) is 0 Å². The van der Waals surface area contributed by atoms with Gasteiger partial charge in [-0.1, -0.05) is 95.6 Å². The smallest absolute Gasteiger partial charge is 0.150 e. The molecule has 0 aliphatic carbocycles. The van der Waals surface area contributed by atoms with Crippen LogP contribution in [0.3, 0.4) is 0 Å². The van der Waals surface area contributed by atoms with Crippen LogP contribution in [0, 0.1) is 0 Å². The van der Waals surface area contributed by atoms with E-state index in [1.54, 1.807) is 0 Å². The van der Waals surface area contributed by atoms with Gasteiger partial charge in [-0.25, -0.2) is 0 Å². The van der Waals surface area contributed by atoms with E-state index < -0.39 is 0 Å². The van der Waals surface area contributed by atoms with Crippen molar-refractivity contribution in [2.75, 3.05) is 0 Å². The highest BCUT2D eigenvalue weighted by Gasteiger charge is 2.28. The van der Waals surface area contributed by atoms with Crippen molar-refractivity contribution >= 4 is 69.4 Å². The zero-order valence-corrected chi connectivity index (χ0v) is 18.5. The molecule has 2 aliphatic rings. The van der Waals surface area contributed by atoms with Crippen LogP contribution in [0.2, 0.25) is 0 Å². The lowest BCUT2D eigenvalue weighted by Gasteiger charge is -2.05. The van der Waals surface area contributed by atoms with Gasteiger partial charge in [-0.2, -0.15) is 0 Å². The lowest BCUT2D eigenvalue weighted by atomic mass is 10.1. The molecule has 0 fully saturated rings. The summed E-state index contributed by atoms with van der Waals surface area (Å²) in [5.74, 6) is 0. The van der Waals surface area contributed by atoms with Gasteiger partial charge in [-0.05, 0) is 25.0 Å². The van der Waals surface area contributed by atoms with Crippen molar-refractivity contribution in [3.8, 4) is 0 Å². The number of rotatable bonds is 4. The standard InChI is InChI=1S/C22H16O2S4/c1-13-19(17-7-3-15(11-23)4-8-17)27-21(25-13)22-26-14(2)20(28-22)18-9-5-16(12-24)6-10-18/h3-12H,1-2H3/b22-21+. The molecule has 2 nitrogen and oxygen atoms in total. The van der Waals surface area contributed by atoms with Crippen LogP contribution >= 0.6 is 47.0 Å². The zero-order chi connectivity index (χ0) is 19.7. The molecular formula is C22H16O2S4. The molecule has 140 valence electrons. The van der Waals surface area contributed by atoms with Crippen molar-refractivity contribution in [1.82, 2.24) is 0 Å². The molecule has 4 rings (SSSR count). The van der Waals surface area contributed by atoms with Crippen LogP contribution in [-0.4, -0.2) is 12.6 Å². The Morgan fingerprint density at radius 2 is 0.929 bits per heavy atom. The largest absolute Gasteiger partial charge is 0.298 e. The first-order chi connectivity index (χ1) is 13.6. The molecule has 0 bridgehead atoms. The van der Waals surface area contributed by atoms with Crippen LogP contribution < -0.4 is 0 Å². The van der Waals surface area contributed by atoms with E-state index in [2.05, 4.69) is 13.8 Å². The van der Waals surface area contributed by atoms with Crippen LogP contribution in [0.1, 0.15) is 45.7 Å². The summed E-state index contributed by atoms with van der Waals surface area (Å²) in [6.07, 6.45) is 1.75. The van der Waals surface area contributed by atoms with Gasteiger partial charge in [0.15, 0.2) is 0 Å². The second-order valence-electron chi connectivity index (χ2n) is 6.23. The average Bonchev–Trinajstić information content (AvgIpc) is 3.31. The summed E-state index contributed by atoms with van der Waals surface area (Å²) in [5, 5.41) is 0. The molecular weight excluding hydrogens is 425 g/mol. The lowest BCUT2D eigenvalue weighted by molar-refractivity contribution is 0.111. The molecule has 0 N–H and O–H groups in total. The molecule has 28 heavy (non-hydrogen) atoms. The van der Waals surface area contributed by atoms with Gasteiger partial charge in [0.25, 0.3) is 0 Å². The monoisotopic (exact) mass is 440 g/mol. The van der Waals surface area contributed by atoms with Gasteiger partial charge in [0.2, 0.25) is 0 Å². The summed E-state index contributed by atoms with van der Waals surface area (Å²) in [6.45, 7) is 4.30. The summed E-state index contributed by atoms with van der Waals surface area (Å²) < 4.78 is 2.61. The Hall–Kier alpha value is -1.60.